The number of amides is 1. The molecule has 10 nitrogen and oxygen atoms in total. The molecule has 188 valence electrons. The lowest BCUT2D eigenvalue weighted by Crippen LogP contribution is -2.50. The van der Waals surface area contributed by atoms with E-state index in [1.54, 1.807) is 17.2 Å². The predicted octanol–water partition coefficient (Wildman–Crippen LogP) is 2.11. The molecule has 36 heavy (non-hydrogen) atoms. The van der Waals surface area contributed by atoms with Crippen LogP contribution in [0, 0.1) is 6.92 Å². The zero-order chi connectivity index (χ0) is 25.1. The fourth-order valence-electron chi connectivity index (χ4n) is 4.84. The van der Waals surface area contributed by atoms with Gasteiger partial charge < -0.3 is 14.4 Å². The number of piperazine rings is 1. The minimum atomic E-state index is -0.254. The van der Waals surface area contributed by atoms with Gasteiger partial charge in [0.1, 0.15) is 19.3 Å². The molecule has 2 aliphatic rings. The molecule has 0 spiro atoms. The highest BCUT2D eigenvalue weighted by Crippen LogP contribution is 2.31. The second-order valence-corrected chi connectivity index (χ2v) is 9.05. The predicted molar refractivity (Wildman–Crippen MR) is 131 cm³/mol. The first-order valence-corrected chi connectivity index (χ1v) is 12.2. The highest BCUT2D eigenvalue weighted by atomic mass is 16.5. The van der Waals surface area contributed by atoms with Crippen LogP contribution in [0.4, 0.5) is 0 Å². The van der Waals surface area contributed by atoms with E-state index < -0.39 is 0 Å². The summed E-state index contributed by atoms with van der Waals surface area (Å²) in [4.78, 5) is 37.4. The molecule has 1 atom stereocenters. The van der Waals surface area contributed by atoms with Crippen LogP contribution in [-0.4, -0.2) is 80.8 Å². The fourth-order valence-corrected chi connectivity index (χ4v) is 4.84. The van der Waals surface area contributed by atoms with Gasteiger partial charge in [-0.2, -0.15) is 5.10 Å². The topological polar surface area (TPSA) is 103 Å². The van der Waals surface area contributed by atoms with E-state index in [0.29, 0.717) is 44.1 Å². The standard InChI is InChI=1S/C26H30N6O4/c1-3-35-23(20-5-6-21-22(18(20)2)15-36-26(21)34)14-30-8-10-31(11-9-30)25(33)12-19-4-7-24(28-13-19)32-17-27-16-29-32/h4-7,13,16-17,23H,3,8-12,14-15H2,1-2H3. The molecule has 3 aromatic rings. The van der Waals surface area contributed by atoms with Crippen molar-refractivity contribution in [2.45, 2.75) is 33.0 Å². The van der Waals surface area contributed by atoms with E-state index in [1.807, 2.05) is 43.0 Å². The van der Waals surface area contributed by atoms with Crippen molar-refractivity contribution in [2.75, 3.05) is 39.3 Å². The van der Waals surface area contributed by atoms with Gasteiger partial charge in [0.05, 0.1) is 18.1 Å². The Bertz CT molecular complexity index is 1220. The summed E-state index contributed by atoms with van der Waals surface area (Å²) in [5, 5.41) is 4.07. The van der Waals surface area contributed by atoms with Crippen molar-refractivity contribution in [2.24, 2.45) is 0 Å². The molecule has 1 fully saturated rings. The van der Waals surface area contributed by atoms with Crippen molar-refractivity contribution in [3.8, 4) is 5.82 Å². The van der Waals surface area contributed by atoms with E-state index in [4.69, 9.17) is 9.47 Å². The molecule has 2 aromatic heterocycles. The highest BCUT2D eigenvalue weighted by Gasteiger charge is 2.28. The summed E-state index contributed by atoms with van der Waals surface area (Å²) in [6.45, 7) is 8.59. The van der Waals surface area contributed by atoms with Crippen LogP contribution in [-0.2, 0) is 27.3 Å². The van der Waals surface area contributed by atoms with Crippen LogP contribution in [0.2, 0.25) is 0 Å². The third-order valence-corrected chi connectivity index (χ3v) is 6.89. The van der Waals surface area contributed by atoms with Gasteiger partial charge >= 0.3 is 5.97 Å². The van der Waals surface area contributed by atoms with Gasteiger partial charge in [0.15, 0.2) is 5.82 Å². The van der Waals surface area contributed by atoms with Crippen LogP contribution in [0.15, 0.2) is 43.1 Å². The number of esters is 1. The van der Waals surface area contributed by atoms with Crippen molar-refractivity contribution < 1.29 is 19.1 Å². The quantitative estimate of drug-likeness (QED) is 0.443. The van der Waals surface area contributed by atoms with Crippen LogP contribution in [0.25, 0.3) is 5.82 Å². The second-order valence-electron chi connectivity index (χ2n) is 9.05. The number of aromatic nitrogens is 4. The van der Waals surface area contributed by atoms with Crippen molar-refractivity contribution in [3.63, 3.8) is 0 Å². The normalized spacial score (nSPS) is 16.6. The Morgan fingerprint density at radius 1 is 1.17 bits per heavy atom. The molecule has 0 aliphatic carbocycles. The Balaban J connectivity index is 1.16. The maximum absolute atomic E-state index is 12.9. The Morgan fingerprint density at radius 3 is 2.69 bits per heavy atom. The van der Waals surface area contributed by atoms with Gasteiger partial charge in [0.2, 0.25) is 5.91 Å². The van der Waals surface area contributed by atoms with E-state index in [2.05, 4.69) is 20.0 Å². The van der Waals surface area contributed by atoms with Gasteiger partial charge in [-0.15, -0.1) is 0 Å². The van der Waals surface area contributed by atoms with E-state index in [9.17, 15) is 9.59 Å². The van der Waals surface area contributed by atoms with E-state index >= 15 is 0 Å². The maximum atomic E-state index is 12.9. The van der Waals surface area contributed by atoms with E-state index in [1.165, 1.54) is 6.33 Å². The molecule has 2 aliphatic heterocycles. The molecule has 1 unspecified atom stereocenters. The first-order valence-electron chi connectivity index (χ1n) is 12.2. The second kappa shape index (κ2) is 10.5. The number of carbonyl (C=O) groups excluding carboxylic acids is 2. The van der Waals surface area contributed by atoms with Gasteiger partial charge in [-0.1, -0.05) is 12.1 Å². The molecule has 10 heteroatoms. The first kappa shape index (κ1) is 24.1. The van der Waals surface area contributed by atoms with Crippen molar-refractivity contribution in [3.05, 3.63) is 70.9 Å². The molecule has 4 heterocycles. The third kappa shape index (κ3) is 5.00. The number of hydrogen-bond donors (Lipinski definition) is 0. The average molecular weight is 491 g/mol. The third-order valence-electron chi connectivity index (χ3n) is 6.89. The summed E-state index contributed by atoms with van der Waals surface area (Å²) in [5.41, 5.74) is 4.64. The number of carbonyl (C=O) groups is 2. The largest absolute Gasteiger partial charge is 0.457 e. The lowest BCUT2D eigenvalue weighted by molar-refractivity contribution is -0.132. The summed E-state index contributed by atoms with van der Waals surface area (Å²) in [6.07, 6.45) is 4.98. The van der Waals surface area contributed by atoms with Gasteiger partial charge in [0.25, 0.3) is 0 Å². The van der Waals surface area contributed by atoms with Crippen LogP contribution in [0.5, 0.6) is 0 Å². The summed E-state index contributed by atoms with van der Waals surface area (Å²) in [6, 6.07) is 7.58. The number of pyridine rings is 1. The molecule has 1 saturated heterocycles. The summed E-state index contributed by atoms with van der Waals surface area (Å²) in [7, 11) is 0. The molecule has 0 radical (unpaired) electrons. The number of nitrogens with zero attached hydrogens (tertiary/aromatic N) is 6. The lowest BCUT2D eigenvalue weighted by Gasteiger charge is -2.36. The van der Waals surface area contributed by atoms with Crippen LogP contribution in [0.1, 0.15) is 45.6 Å². The smallest absolute Gasteiger partial charge is 0.338 e. The number of ether oxygens (including phenoxy) is 2. The monoisotopic (exact) mass is 490 g/mol. The maximum Gasteiger partial charge on any atom is 0.338 e. The molecular formula is C26H30N6O4. The zero-order valence-corrected chi connectivity index (χ0v) is 20.6. The van der Waals surface area contributed by atoms with Crippen molar-refractivity contribution in [1.29, 1.82) is 0 Å². The number of hydrogen-bond acceptors (Lipinski definition) is 8. The molecule has 0 saturated carbocycles. The Morgan fingerprint density at radius 2 is 2.00 bits per heavy atom. The minimum Gasteiger partial charge on any atom is -0.457 e. The van der Waals surface area contributed by atoms with Gasteiger partial charge in [-0.05, 0) is 42.7 Å². The fraction of sp³-hybridized carbons (Fsp3) is 0.423. The average Bonchev–Trinajstić information content (AvgIpc) is 3.56. The number of cyclic esters (lactones) is 1. The highest BCUT2D eigenvalue weighted by molar-refractivity contribution is 5.94. The summed E-state index contributed by atoms with van der Waals surface area (Å²) < 4.78 is 12.9. The summed E-state index contributed by atoms with van der Waals surface area (Å²) >= 11 is 0. The molecule has 0 bridgehead atoms. The number of fused-ring (bicyclic) bond motifs is 1. The molecular weight excluding hydrogens is 460 g/mol. The van der Waals surface area contributed by atoms with Crippen molar-refractivity contribution in [1.82, 2.24) is 29.5 Å². The van der Waals surface area contributed by atoms with Crippen LogP contribution in [0.3, 0.4) is 0 Å². The molecule has 0 N–H and O–H groups in total. The van der Waals surface area contributed by atoms with Crippen molar-refractivity contribution >= 4 is 11.9 Å². The minimum absolute atomic E-state index is 0.102. The van der Waals surface area contributed by atoms with Gasteiger partial charge in [0, 0.05) is 51.1 Å². The number of rotatable bonds is 8. The lowest BCUT2D eigenvalue weighted by atomic mass is 9.95. The van der Waals surface area contributed by atoms with Crippen LogP contribution < -0.4 is 0 Å². The molecule has 5 rings (SSSR count). The van der Waals surface area contributed by atoms with Gasteiger partial charge in [-0.3, -0.25) is 9.69 Å². The first-order chi connectivity index (χ1) is 17.5. The summed E-state index contributed by atoms with van der Waals surface area (Å²) in [5.74, 6) is 0.514. The molecule has 1 amide bonds. The molecule has 1 aromatic carbocycles. The van der Waals surface area contributed by atoms with E-state index in [0.717, 1.165) is 41.9 Å². The van der Waals surface area contributed by atoms with Crippen LogP contribution >= 0.6 is 0 Å². The number of benzene rings is 1. The Hall–Kier alpha value is -3.63. The zero-order valence-electron chi connectivity index (χ0n) is 20.6. The Labute approximate surface area is 209 Å². The SMILES string of the molecule is CCOC(CN1CCN(C(=O)Cc2ccc(-n3cncn3)nc2)CC1)c1ccc2c(c1C)COC2=O. The van der Waals surface area contributed by atoms with Gasteiger partial charge in [-0.25, -0.2) is 19.4 Å². The van der Waals surface area contributed by atoms with E-state index in [-0.39, 0.29) is 18.0 Å². The Kier molecular flexibility index (Phi) is 7.06.